The highest BCUT2D eigenvalue weighted by Crippen LogP contribution is 2.44. The van der Waals surface area contributed by atoms with Gasteiger partial charge in [-0.15, -0.1) is 0 Å². The molecular formula is C22H21F2N3O2. The number of aromatic nitrogens is 1. The van der Waals surface area contributed by atoms with Gasteiger partial charge in [0.25, 0.3) is 5.92 Å². The lowest BCUT2D eigenvalue weighted by atomic mass is 9.97. The summed E-state index contributed by atoms with van der Waals surface area (Å²) < 4.78 is 34.4. The molecule has 0 N–H and O–H groups in total. The van der Waals surface area contributed by atoms with Crippen LogP contribution in [-0.4, -0.2) is 41.1 Å². The number of halogens is 2. The van der Waals surface area contributed by atoms with Crippen molar-refractivity contribution in [2.75, 3.05) is 18.0 Å². The molecule has 29 heavy (non-hydrogen) atoms. The zero-order valence-corrected chi connectivity index (χ0v) is 16.2. The van der Waals surface area contributed by atoms with Gasteiger partial charge in [0, 0.05) is 19.0 Å². The minimum Gasteiger partial charge on any atom is -0.354 e. The number of urea groups is 1. The third kappa shape index (κ3) is 2.56. The highest BCUT2D eigenvalue weighted by Gasteiger charge is 2.58. The molecule has 5 nitrogen and oxygen atoms in total. The second kappa shape index (κ2) is 6.27. The summed E-state index contributed by atoms with van der Waals surface area (Å²) in [5, 5.41) is 4.90. The summed E-state index contributed by atoms with van der Waals surface area (Å²) in [4.78, 5) is 15.9. The molecule has 5 rings (SSSR count). The Hall–Kier alpha value is -2.96. The van der Waals surface area contributed by atoms with E-state index in [1.807, 2.05) is 43.3 Å². The number of rotatable bonds is 2. The maximum absolute atomic E-state index is 14.5. The molecule has 0 spiro atoms. The van der Waals surface area contributed by atoms with E-state index in [4.69, 9.17) is 4.52 Å². The number of alkyl halides is 2. The molecule has 2 saturated heterocycles. The van der Waals surface area contributed by atoms with Crippen LogP contribution in [0.4, 0.5) is 19.4 Å². The molecule has 3 aromatic rings. The van der Waals surface area contributed by atoms with Gasteiger partial charge in [-0.3, -0.25) is 4.90 Å². The topological polar surface area (TPSA) is 49.6 Å². The molecule has 2 amide bonds. The van der Waals surface area contributed by atoms with E-state index >= 15 is 0 Å². The molecule has 0 saturated carbocycles. The predicted octanol–water partition coefficient (Wildman–Crippen LogP) is 5.09. The summed E-state index contributed by atoms with van der Waals surface area (Å²) in [5.41, 5.74) is 3.58. The lowest BCUT2D eigenvalue weighted by molar-refractivity contribution is -0.0585. The number of anilines is 1. The number of carbonyl (C=O) groups excluding carboxylic acids is 1. The Labute approximate surface area is 166 Å². The molecular weight excluding hydrogens is 376 g/mol. The molecule has 1 aromatic heterocycles. The van der Waals surface area contributed by atoms with Gasteiger partial charge in [-0.25, -0.2) is 13.6 Å². The minimum absolute atomic E-state index is 0.0490. The molecule has 2 atom stereocenters. The number of carbonyl (C=O) groups is 1. The van der Waals surface area contributed by atoms with Crippen molar-refractivity contribution in [3.8, 4) is 11.1 Å². The zero-order valence-electron chi connectivity index (χ0n) is 16.2. The Morgan fingerprint density at radius 3 is 2.69 bits per heavy atom. The van der Waals surface area contributed by atoms with E-state index in [0.29, 0.717) is 11.4 Å². The van der Waals surface area contributed by atoms with Crippen molar-refractivity contribution in [2.45, 2.75) is 32.2 Å². The summed E-state index contributed by atoms with van der Waals surface area (Å²) in [6.07, 6.45) is 0.198. The molecule has 2 aliphatic heterocycles. The van der Waals surface area contributed by atoms with E-state index in [1.54, 1.807) is 6.07 Å². The maximum atomic E-state index is 14.5. The highest BCUT2D eigenvalue weighted by atomic mass is 19.3. The number of hydrogen-bond donors (Lipinski definition) is 0. The Kier molecular flexibility index (Phi) is 3.91. The van der Waals surface area contributed by atoms with Crippen molar-refractivity contribution in [1.82, 2.24) is 10.1 Å². The van der Waals surface area contributed by atoms with Crippen molar-refractivity contribution in [3.63, 3.8) is 0 Å². The predicted molar refractivity (Wildman–Crippen MR) is 106 cm³/mol. The van der Waals surface area contributed by atoms with E-state index < -0.39 is 23.9 Å². The van der Waals surface area contributed by atoms with Crippen LogP contribution in [0.5, 0.6) is 0 Å². The quantitative estimate of drug-likeness (QED) is 0.605. The molecule has 2 aromatic carbocycles. The second-order valence-electron chi connectivity index (χ2n) is 7.97. The standard InChI is InChI=1S/C22H21F2N3O2/c1-13-6-3-4-7-15(13)16-8-5-9-17-19(16)20(25-29-17)26-11-10-18-22(23,24)14(2)12-27(18)21(26)28/h3-9,14,18H,10-12H2,1-2H3/t14-,18-/m1/s1. The molecule has 0 aliphatic carbocycles. The monoisotopic (exact) mass is 397 g/mol. The van der Waals surface area contributed by atoms with Crippen molar-refractivity contribution in [1.29, 1.82) is 0 Å². The average molecular weight is 397 g/mol. The van der Waals surface area contributed by atoms with Gasteiger partial charge in [-0.1, -0.05) is 48.5 Å². The van der Waals surface area contributed by atoms with E-state index in [2.05, 4.69) is 5.16 Å². The summed E-state index contributed by atoms with van der Waals surface area (Å²) >= 11 is 0. The largest absolute Gasteiger partial charge is 0.354 e. The van der Waals surface area contributed by atoms with Gasteiger partial charge in [0.05, 0.1) is 11.4 Å². The van der Waals surface area contributed by atoms with Gasteiger partial charge in [0.2, 0.25) is 0 Å². The lowest BCUT2D eigenvalue weighted by Gasteiger charge is -2.37. The van der Waals surface area contributed by atoms with Gasteiger partial charge >= 0.3 is 6.03 Å². The van der Waals surface area contributed by atoms with E-state index in [1.165, 1.54) is 16.7 Å². The first-order chi connectivity index (χ1) is 13.9. The van der Waals surface area contributed by atoms with Gasteiger partial charge in [0.1, 0.15) is 0 Å². The van der Waals surface area contributed by atoms with Crippen LogP contribution in [0, 0.1) is 12.8 Å². The molecule has 2 aliphatic rings. The number of fused-ring (bicyclic) bond motifs is 2. The average Bonchev–Trinajstić information content (AvgIpc) is 3.23. The Balaban J connectivity index is 1.61. The molecule has 0 radical (unpaired) electrons. The number of aryl methyl sites for hydroxylation is 1. The SMILES string of the molecule is Cc1ccccc1-c1cccc2onc(N3CC[C@H]4N(C[C@@H](C)C4(F)F)C3=O)c12. The summed E-state index contributed by atoms with van der Waals surface area (Å²) in [6.45, 7) is 3.75. The smallest absolute Gasteiger partial charge is 0.326 e. The molecule has 2 fully saturated rings. The van der Waals surface area contributed by atoms with Crippen molar-refractivity contribution >= 4 is 22.8 Å². The number of hydrogen-bond acceptors (Lipinski definition) is 3. The molecule has 7 heteroatoms. The third-order valence-electron chi connectivity index (χ3n) is 6.22. The third-order valence-corrected chi connectivity index (χ3v) is 6.22. The van der Waals surface area contributed by atoms with Gasteiger partial charge in [0.15, 0.2) is 11.4 Å². The first-order valence-electron chi connectivity index (χ1n) is 9.80. The molecule has 0 bridgehead atoms. The number of benzene rings is 2. The van der Waals surface area contributed by atoms with E-state index in [9.17, 15) is 13.6 Å². The van der Waals surface area contributed by atoms with Crippen LogP contribution in [0.1, 0.15) is 18.9 Å². The minimum atomic E-state index is -2.86. The van der Waals surface area contributed by atoms with Crippen LogP contribution in [0.15, 0.2) is 47.0 Å². The fourth-order valence-corrected chi connectivity index (χ4v) is 4.60. The van der Waals surface area contributed by atoms with Crippen molar-refractivity contribution in [2.24, 2.45) is 5.92 Å². The van der Waals surface area contributed by atoms with Gasteiger partial charge < -0.3 is 9.42 Å². The highest BCUT2D eigenvalue weighted by molar-refractivity contribution is 6.07. The lowest BCUT2D eigenvalue weighted by Crippen LogP contribution is -2.55. The molecule has 3 heterocycles. The van der Waals surface area contributed by atoms with Crippen LogP contribution in [-0.2, 0) is 0 Å². The summed E-state index contributed by atoms with van der Waals surface area (Å²) in [7, 11) is 0. The fraction of sp³-hybridized carbons (Fsp3) is 0.364. The molecule has 150 valence electrons. The summed E-state index contributed by atoms with van der Waals surface area (Å²) in [5.74, 6) is -3.32. The normalized spacial score (nSPS) is 23.7. The van der Waals surface area contributed by atoms with Crippen LogP contribution < -0.4 is 4.90 Å². The maximum Gasteiger partial charge on any atom is 0.326 e. The Morgan fingerprint density at radius 1 is 1.14 bits per heavy atom. The van der Waals surface area contributed by atoms with Gasteiger partial charge in [-0.05, 0) is 36.1 Å². The number of amides is 2. The van der Waals surface area contributed by atoms with Crippen LogP contribution in [0.2, 0.25) is 0 Å². The van der Waals surface area contributed by atoms with Crippen molar-refractivity contribution < 1.29 is 18.1 Å². The second-order valence-corrected chi connectivity index (χ2v) is 7.97. The first kappa shape index (κ1) is 18.1. The van der Waals surface area contributed by atoms with Crippen LogP contribution in [0.25, 0.3) is 22.1 Å². The fourth-order valence-electron chi connectivity index (χ4n) is 4.60. The van der Waals surface area contributed by atoms with Crippen LogP contribution >= 0.6 is 0 Å². The zero-order chi connectivity index (χ0) is 20.3. The van der Waals surface area contributed by atoms with Gasteiger partial charge in [-0.2, -0.15) is 0 Å². The van der Waals surface area contributed by atoms with E-state index in [0.717, 1.165) is 22.1 Å². The first-order valence-corrected chi connectivity index (χ1v) is 9.80. The Bertz CT molecular complexity index is 1110. The van der Waals surface area contributed by atoms with Crippen molar-refractivity contribution in [3.05, 3.63) is 48.0 Å². The number of nitrogens with zero attached hydrogens (tertiary/aromatic N) is 3. The Morgan fingerprint density at radius 2 is 1.90 bits per heavy atom. The molecule has 0 unspecified atom stereocenters. The van der Waals surface area contributed by atoms with E-state index in [-0.39, 0.29) is 19.5 Å². The summed E-state index contributed by atoms with van der Waals surface area (Å²) in [6, 6.07) is 12.1. The van der Waals surface area contributed by atoms with Crippen LogP contribution in [0.3, 0.4) is 0 Å².